The Kier molecular flexibility index (Phi) is 5.54. The van der Waals surface area contributed by atoms with Crippen molar-refractivity contribution in [2.45, 2.75) is 30.2 Å². The van der Waals surface area contributed by atoms with Crippen LogP contribution in [0.25, 0.3) is 33.3 Å². The van der Waals surface area contributed by atoms with Crippen molar-refractivity contribution in [2.75, 3.05) is 0 Å². The second-order valence-corrected chi connectivity index (χ2v) is 10.2. The van der Waals surface area contributed by atoms with E-state index in [2.05, 4.69) is 4.98 Å². The minimum Gasteiger partial charge on any atom is -0.247 e. The Morgan fingerprint density at radius 1 is 0.812 bits per heavy atom. The summed E-state index contributed by atoms with van der Waals surface area (Å²) in [5, 5.41) is -0.192. The van der Waals surface area contributed by atoms with Gasteiger partial charge in [-0.3, -0.25) is 0 Å². The molecule has 32 heavy (non-hydrogen) atoms. The standard InChI is InChI=1S/C25H20F3NO2S/c1-16(2)32(30,31)23-12-4-3-10-20(23)18-8-5-9-19(15-18)22-14-13-17-7-6-11-21(24(17)29-22)25(26,27)28/h3-16H,1-2H3. The lowest BCUT2D eigenvalue weighted by Gasteiger charge is -2.14. The van der Waals surface area contributed by atoms with Crippen LogP contribution < -0.4 is 0 Å². The molecule has 0 radical (unpaired) electrons. The average Bonchev–Trinajstić information content (AvgIpc) is 2.77. The van der Waals surface area contributed by atoms with E-state index >= 15 is 0 Å². The molecule has 0 bridgehead atoms. The molecule has 0 amide bonds. The van der Waals surface area contributed by atoms with E-state index in [1.165, 1.54) is 6.07 Å². The average molecular weight is 456 g/mol. The lowest BCUT2D eigenvalue weighted by Crippen LogP contribution is -2.14. The van der Waals surface area contributed by atoms with Crippen LogP contribution >= 0.6 is 0 Å². The second-order valence-electron chi connectivity index (χ2n) is 7.74. The molecule has 0 spiro atoms. The molecule has 0 saturated heterocycles. The van der Waals surface area contributed by atoms with Crippen LogP contribution in [0, 0.1) is 0 Å². The minimum absolute atomic E-state index is 0.120. The maximum Gasteiger partial charge on any atom is 0.418 e. The fourth-order valence-electron chi connectivity index (χ4n) is 3.59. The van der Waals surface area contributed by atoms with Gasteiger partial charge in [-0.1, -0.05) is 54.6 Å². The molecule has 164 valence electrons. The number of fused-ring (bicyclic) bond motifs is 1. The van der Waals surface area contributed by atoms with Gasteiger partial charge in [-0.2, -0.15) is 13.2 Å². The van der Waals surface area contributed by atoms with Crippen molar-refractivity contribution < 1.29 is 21.6 Å². The van der Waals surface area contributed by atoms with Crippen molar-refractivity contribution in [3.63, 3.8) is 0 Å². The molecule has 4 aromatic rings. The molecule has 0 aliphatic carbocycles. The quantitative estimate of drug-likeness (QED) is 0.341. The van der Waals surface area contributed by atoms with Gasteiger partial charge >= 0.3 is 6.18 Å². The summed E-state index contributed by atoms with van der Waals surface area (Å²) in [6, 6.07) is 21.0. The molecule has 0 fully saturated rings. The van der Waals surface area contributed by atoms with Crippen molar-refractivity contribution >= 4 is 20.7 Å². The van der Waals surface area contributed by atoms with E-state index in [0.717, 1.165) is 6.07 Å². The van der Waals surface area contributed by atoms with Crippen molar-refractivity contribution in [2.24, 2.45) is 0 Å². The Morgan fingerprint density at radius 2 is 1.50 bits per heavy atom. The lowest BCUT2D eigenvalue weighted by molar-refractivity contribution is -0.136. The molecule has 0 aliphatic rings. The topological polar surface area (TPSA) is 47.0 Å². The summed E-state index contributed by atoms with van der Waals surface area (Å²) in [5.74, 6) is 0. The van der Waals surface area contributed by atoms with Gasteiger partial charge in [0.15, 0.2) is 9.84 Å². The molecule has 3 nitrogen and oxygen atoms in total. The van der Waals surface area contributed by atoms with Gasteiger partial charge in [-0.15, -0.1) is 0 Å². The fraction of sp³-hybridized carbons (Fsp3) is 0.160. The monoisotopic (exact) mass is 455 g/mol. The van der Waals surface area contributed by atoms with Crippen LogP contribution in [0.5, 0.6) is 0 Å². The van der Waals surface area contributed by atoms with Gasteiger partial charge in [-0.05, 0) is 43.7 Å². The fourth-order valence-corrected chi connectivity index (χ4v) is 4.86. The highest BCUT2D eigenvalue weighted by molar-refractivity contribution is 7.92. The smallest absolute Gasteiger partial charge is 0.247 e. The van der Waals surface area contributed by atoms with Crippen LogP contribution in [-0.4, -0.2) is 18.7 Å². The summed E-state index contributed by atoms with van der Waals surface area (Å²) >= 11 is 0. The highest BCUT2D eigenvalue weighted by Crippen LogP contribution is 2.36. The van der Waals surface area contributed by atoms with Gasteiger partial charge in [0.05, 0.1) is 26.9 Å². The lowest BCUT2D eigenvalue weighted by atomic mass is 10.0. The van der Waals surface area contributed by atoms with E-state index in [1.807, 2.05) is 0 Å². The molecular formula is C25H20F3NO2S. The number of nitrogens with zero attached hydrogens (tertiary/aromatic N) is 1. The van der Waals surface area contributed by atoms with Gasteiger partial charge in [0.2, 0.25) is 0 Å². The SMILES string of the molecule is CC(C)S(=O)(=O)c1ccccc1-c1cccc(-c2ccc3cccc(C(F)(F)F)c3n2)c1. The number of para-hydroxylation sites is 1. The number of rotatable bonds is 4. The molecule has 1 aromatic heterocycles. The van der Waals surface area contributed by atoms with Gasteiger partial charge in [0, 0.05) is 16.5 Å². The van der Waals surface area contributed by atoms with Gasteiger partial charge < -0.3 is 0 Å². The van der Waals surface area contributed by atoms with E-state index in [9.17, 15) is 21.6 Å². The Bertz CT molecular complexity index is 1410. The Hall–Kier alpha value is -3.19. The van der Waals surface area contributed by atoms with Crippen LogP contribution in [-0.2, 0) is 16.0 Å². The summed E-state index contributed by atoms with van der Waals surface area (Å²) in [7, 11) is -3.52. The highest BCUT2D eigenvalue weighted by atomic mass is 32.2. The van der Waals surface area contributed by atoms with E-state index in [-0.39, 0.29) is 10.4 Å². The molecular weight excluding hydrogens is 435 g/mol. The molecule has 0 unspecified atom stereocenters. The molecule has 4 rings (SSSR count). The predicted molar refractivity (Wildman–Crippen MR) is 120 cm³/mol. The third kappa shape index (κ3) is 4.00. The van der Waals surface area contributed by atoms with Crippen LogP contribution in [0.1, 0.15) is 19.4 Å². The first kappa shape index (κ1) is 22.0. The second kappa shape index (κ2) is 8.06. The summed E-state index contributed by atoms with van der Waals surface area (Å²) in [6.45, 7) is 3.25. The molecule has 7 heteroatoms. The Labute approximate surface area is 184 Å². The number of pyridine rings is 1. The third-order valence-corrected chi connectivity index (χ3v) is 7.52. The summed E-state index contributed by atoms with van der Waals surface area (Å²) < 4.78 is 66.1. The maximum atomic E-state index is 13.5. The van der Waals surface area contributed by atoms with Crippen molar-refractivity contribution in [1.29, 1.82) is 0 Å². The normalized spacial score (nSPS) is 12.4. The van der Waals surface area contributed by atoms with Crippen molar-refractivity contribution in [3.8, 4) is 22.4 Å². The predicted octanol–water partition coefficient (Wildman–Crippen LogP) is 6.77. The van der Waals surface area contributed by atoms with Crippen LogP contribution in [0.15, 0.2) is 83.8 Å². The Balaban J connectivity index is 1.87. The first-order chi connectivity index (χ1) is 15.1. The zero-order valence-electron chi connectivity index (χ0n) is 17.4. The summed E-state index contributed by atoms with van der Waals surface area (Å²) in [5.41, 5.74) is 1.25. The van der Waals surface area contributed by atoms with E-state index in [1.54, 1.807) is 80.6 Å². The maximum absolute atomic E-state index is 13.5. The molecule has 0 aliphatic heterocycles. The van der Waals surface area contributed by atoms with E-state index in [0.29, 0.717) is 27.8 Å². The minimum atomic E-state index is -4.52. The van der Waals surface area contributed by atoms with Crippen LogP contribution in [0.3, 0.4) is 0 Å². The third-order valence-electron chi connectivity index (χ3n) is 5.31. The molecule has 0 atom stereocenters. The zero-order valence-corrected chi connectivity index (χ0v) is 18.2. The van der Waals surface area contributed by atoms with Gasteiger partial charge in [0.25, 0.3) is 0 Å². The van der Waals surface area contributed by atoms with Crippen LogP contribution in [0.4, 0.5) is 13.2 Å². The van der Waals surface area contributed by atoms with Gasteiger partial charge in [0.1, 0.15) is 0 Å². The molecule has 1 heterocycles. The van der Waals surface area contributed by atoms with E-state index in [4.69, 9.17) is 0 Å². The molecule has 0 N–H and O–H groups in total. The zero-order chi connectivity index (χ0) is 23.1. The number of hydrogen-bond donors (Lipinski definition) is 0. The van der Waals surface area contributed by atoms with E-state index < -0.39 is 26.8 Å². The summed E-state index contributed by atoms with van der Waals surface area (Å²) in [4.78, 5) is 4.53. The molecule has 3 aromatic carbocycles. The first-order valence-electron chi connectivity index (χ1n) is 10.00. The van der Waals surface area contributed by atoms with Crippen molar-refractivity contribution in [1.82, 2.24) is 4.98 Å². The van der Waals surface area contributed by atoms with Gasteiger partial charge in [-0.25, -0.2) is 13.4 Å². The summed E-state index contributed by atoms with van der Waals surface area (Å²) in [6.07, 6.45) is -4.52. The largest absolute Gasteiger partial charge is 0.418 e. The number of alkyl halides is 3. The highest BCUT2D eigenvalue weighted by Gasteiger charge is 2.33. The van der Waals surface area contributed by atoms with Crippen molar-refractivity contribution in [3.05, 3.63) is 84.4 Å². The molecule has 0 saturated carbocycles. The number of aromatic nitrogens is 1. The number of sulfone groups is 1. The number of hydrogen-bond acceptors (Lipinski definition) is 3. The number of benzene rings is 3. The van der Waals surface area contributed by atoms with Crippen LogP contribution in [0.2, 0.25) is 0 Å². The first-order valence-corrected chi connectivity index (χ1v) is 11.5. The number of halogens is 3. The Morgan fingerprint density at radius 3 is 2.22 bits per heavy atom.